The number of carbonyl (C=O) groups excluding carboxylic acids is 1. The number of carbonyl (C=O) groups is 1. The van der Waals surface area contributed by atoms with E-state index in [1.54, 1.807) is 24.7 Å². The van der Waals surface area contributed by atoms with E-state index >= 15 is 0 Å². The maximum atomic E-state index is 12.9. The normalized spacial score (nSPS) is 14.2. The third-order valence-electron chi connectivity index (χ3n) is 6.32. The minimum Gasteiger partial charge on any atom is -0.468 e. The van der Waals surface area contributed by atoms with E-state index in [1.807, 2.05) is 51.9 Å². The van der Waals surface area contributed by atoms with Gasteiger partial charge in [-0.15, -0.1) is 13.2 Å². The lowest BCUT2D eigenvalue weighted by Gasteiger charge is -2.34. The predicted molar refractivity (Wildman–Crippen MR) is 141 cm³/mol. The molecule has 2 heterocycles. The second-order valence-electron chi connectivity index (χ2n) is 9.14. The van der Waals surface area contributed by atoms with Gasteiger partial charge in [0.2, 0.25) is 11.6 Å². The van der Waals surface area contributed by atoms with Gasteiger partial charge in [0.15, 0.2) is 0 Å². The summed E-state index contributed by atoms with van der Waals surface area (Å²) in [4.78, 5) is 24.2. The number of imidazole rings is 1. The van der Waals surface area contributed by atoms with Crippen LogP contribution in [0.3, 0.4) is 0 Å². The number of rotatable bonds is 8. The topological polar surface area (TPSA) is 64.2 Å². The van der Waals surface area contributed by atoms with Crippen LogP contribution in [-0.4, -0.2) is 46.4 Å². The van der Waals surface area contributed by atoms with Crippen molar-refractivity contribution >= 4 is 17.3 Å². The fraction of sp³-hybridized carbons (Fsp3) is 0.207. The maximum absolute atomic E-state index is 12.9. The van der Waals surface area contributed by atoms with Gasteiger partial charge >= 0.3 is 6.36 Å². The molecule has 0 bridgehead atoms. The highest BCUT2D eigenvalue weighted by Crippen LogP contribution is 2.33. The van der Waals surface area contributed by atoms with Gasteiger partial charge in [-0.3, -0.25) is 9.69 Å². The summed E-state index contributed by atoms with van der Waals surface area (Å²) >= 11 is 0. The summed E-state index contributed by atoms with van der Waals surface area (Å²) in [7, 11) is 0. The highest BCUT2D eigenvalue weighted by Gasteiger charge is 2.32. The molecular formula is C29H24F3N5O3. The van der Waals surface area contributed by atoms with Crippen molar-refractivity contribution in [2.75, 3.05) is 24.5 Å². The Kier molecular flexibility index (Phi) is 7.70. The molecule has 0 radical (unpaired) electrons. The van der Waals surface area contributed by atoms with Crippen molar-refractivity contribution in [1.82, 2.24) is 14.5 Å². The fourth-order valence-electron chi connectivity index (χ4n) is 4.47. The second-order valence-corrected chi connectivity index (χ2v) is 9.14. The van der Waals surface area contributed by atoms with Crippen molar-refractivity contribution in [3.8, 4) is 17.2 Å². The van der Waals surface area contributed by atoms with E-state index in [4.69, 9.17) is 11.3 Å². The number of para-hydroxylation sites is 1. The maximum Gasteiger partial charge on any atom is 0.573 e. The average molecular weight is 548 g/mol. The molecule has 1 fully saturated rings. The smallest absolute Gasteiger partial charge is 0.468 e. The Hall–Kier alpha value is -4.82. The SMILES string of the molecule is [C-]#[N+]c1ccc(Cn2cncc2CN2CCN(c3cccc(OC(F)(F)F)c3)C(=O)C2)cc1Oc1ccccc1. The van der Waals surface area contributed by atoms with Gasteiger partial charge in [-0.2, -0.15) is 0 Å². The van der Waals surface area contributed by atoms with Crippen LogP contribution in [-0.2, 0) is 17.9 Å². The van der Waals surface area contributed by atoms with Crippen molar-refractivity contribution in [2.24, 2.45) is 0 Å². The molecule has 8 nitrogen and oxygen atoms in total. The summed E-state index contributed by atoms with van der Waals surface area (Å²) < 4.78 is 49.7. The molecule has 0 saturated carbocycles. The molecule has 0 spiro atoms. The van der Waals surface area contributed by atoms with Gasteiger partial charge in [0.1, 0.15) is 17.2 Å². The van der Waals surface area contributed by atoms with Gasteiger partial charge in [0.25, 0.3) is 0 Å². The quantitative estimate of drug-likeness (QED) is 0.253. The lowest BCUT2D eigenvalue weighted by atomic mass is 10.1. The first kappa shape index (κ1) is 26.8. The van der Waals surface area contributed by atoms with Crippen LogP contribution in [0.25, 0.3) is 4.85 Å². The van der Waals surface area contributed by atoms with Crippen molar-refractivity contribution in [3.05, 3.63) is 108 Å². The zero-order valence-electron chi connectivity index (χ0n) is 21.2. The first-order chi connectivity index (χ1) is 19.3. The Labute approximate surface area is 228 Å². The molecule has 3 aromatic carbocycles. The number of hydrogen-bond acceptors (Lipinski definition) is 5. The molecule has 4 aromatic rings. The molecule has 204 valence electrons. The number of ether oxygens (including phenoxy) is 2. The number of benzene rings is 3. The minimum atomic E-state index is -4.81. The first-order valence-corrected chi connectivity index (χ1v) is 12.4. The van der Waals surface area contributed by atoms with Gasteiger partial charge in [-0.05, 0) is 35.9 Å². The fourth-order valence-corrected chi connectivity index (χ4v) is 4.47. The van der Waals surface area contributed by atoms with Crippen LogP contribution in [0.15, 0.2) is 85.3 Å². The Morgan fingerprint density at radius 3 is 2.50 bits per heavy atom. The third kappa shape index (κ3) is 6.59. The number of halogens is 3. The molecule has 1 aliphatic heterocycles. The van der Waals surface area contributed by atoms with Gasteiger partial charge in [0, 0.05) is 44.1 Å². The molecule has 1 aromatic heterocycles. The van der Waals surface area contributed by atoms with Crippen LogP contribution in [0.5, 0.6) is 17.2 Å². The van der Waals surface area contributed by atoms with Crippen molar-refractivity contribution in [1.29, 1.82) is 0 Å². The van der Waals surface area contributed by atoms with Crippen molar-refractivity contribution < 1.29 is 27.4 Å². The Morgan fingerprint density at radius 1 is 0.950 bits per heavy atom. The van der Waals surface area contributed by atoms with Crippen LogP contribution >= 0.6 is 0 Å². The Balaban J connectivity index is 1.24. The number of aromatic nitrogens is 2. The third-order valence-corrected chi connectivity index (χ3v) is 6.32. The number of anilines is 1. The summed E-state index contributed by atoms with van der Waals surface area (Å²) in [5.74, 6) is 0.507. The highest BCUT2D eigenvalue weighted by atomic mass is 19.4. The lowest BCUT2D eigenvalue weighted by molar-refractivity contribution is -0.274. The van der Waals surface area contributed by atoms with Gasteiger partial charge < -0.3 is 18.9 Å². The Bertz CT molecular complexity index is 1530. The van der Waals surface area contributed by atoms with E-state index in [1.165, 1.54) is 23.1 Å². The van der Waals surface area contributed by atoms with Crippen molar-refractivity contribution in [2.45, 2.75) is 19.5 Å². The van der Waals surface area contributed by atoms with Crippen LogP contribution in [0.4, 0.5) is 24.5 Å². The lowest BCUT2D eigenvalue weighted by Crippen LogP contribution is -2.50. The molecule has 1 saturated heterocycles. The van der Waals surface area contributed by atoms with E-state index in [-0.39, 0.29) is 18.2 Å². The minimum absolute atomic E-state index is 0.101. The molecule has 1 aliphatic rings. The Morgan fingerprint density at radius 2 is 1.75 bits per heavy atom. The number of amides is 1. The molecular weight excluding hydrogens is 523 g/mol. The van der Waals surface area contributed by atoms with Crippen LogP contribution in [0.1, 0.15) is 11.3 Å². The average Bonchev–Trinajstić information content (AvgIpc) is 3.35. The van der Waals surface area contributed by atoms with Crippen LogP contribution in [0.2, 0.25) is 0 Å². The van der Waals surface area contributed by atoms with E-state index in [0.717, 1.165) is 11.3 Å². The molecule has 0 unspecified atom stereocenters. The standard InChI is InChI=1S/C29H24F3N5O3/c1-33-26-11-10-21(14-27(26)39-24-7-3-2-4-8-24)17-36-20-34-16-23(36)18-35-12-13-37(28(38)19-35)22-6-5-9-25(15-22)40-29(30,31)32/h2-11,14-16,20H,12-13,17-19H2. The summed E-state index contributed by atoms with van der Waals surface area (Å²) in [6.45, 7) is 9.36. The van der Waals surface area contributed by atoms with E-state index in [2.05, 4.69) is 14.6 Å². The van der Waals surface area contributed by atoms with E-state index < -0.39 is 6.36 Å². The number of alkyl halides is 3. The molecule has 1 amide bonds. The number of nitrogens with zero attached hydrogens (tertiary/aromatic N) is 5. The summed E-state index contributed by atoms with van der Waals surface area (Å²) in [5.41, 5.74) is 2.57. The van der Waals surface area contributed by atoms with E-state index in [0.29, 0.717) is 49.1 Å². The molecule has 0 atom stereocenters. The monoisotopic (exact) mass is 547 g/mol. The predicted octanol–water partition coefficient (Wildman–Crippen LogP) is 6.02. The zero-order valence-corrected chi connectivity index (χ0v) is 21.2. The van der Waals surface area contributed by atoms with Crippen LogP contribution < -0.4 is 14.4 Å². The molecule has 5 rings (SSSR count). The van der Waals surface area contributed by atoms with Crippen LogP contribution in [0, 0.1) is 6.57 Å². The van der Waals surface area contributed by atoms with Crippen molar-refractivity contribution in [3.63, 3.8) is 0 Å². The highest BCUT2D eigenvalue weighted by molar-refractivity contribution is 5.95. The van der Waals surface area contributed by atoms with Gasteiger partial charge in [-0.25, -0.2) is 9.83 Å². The van der Waals surface area contributed by atoms with E-state index in [9.17, 15) is 18.0 Å². The van der Waals surface area contributed by atoms with Gasteiger partial charge in [-0.1, -0.05) is 36.4 Å². The summed E-state index contributed by atoms with van der Waals surface area (Å²) in [6, 6.07) is 20.1. The summed E-state index contributed by atoms with van der Waals surface area (Å²) in [6.07, 6.45) is -1.36. The number of piperazine rings is 1. The number of hydrogen-bond donors (Lipinski definition) is 0. The molecule has 0 N–H and O–H groups in total. The molecule has 40 heavy (non-hydrogen) atoms. The second kappa shape index (κ2) is 11.5. The largest absolute Gasteiger partial charge is 0.573 e. The van der Waals surface area contributed by atoms with Gasteiger partial charge in [0.05, 0.1) is 25.1 Å². The first-order valence-electron chi connectivity index (χ1n) is 12.4. The molecule has 11 heteroatoms. The zero-order chi connectivity index (χ0) is 28.1. The molecule has 0 aliphatic carbocycles. The summed E-state index contributed by atoms with van der Waals surface area (Å²) in [5, 5.41) is 0.